The number of thioether (sulfide) groups is 1. The van der Waals surface area contributed by atoms with Gasteiger partial charge < -0.3 is 24.3 Å². The number of ether oxygens (including phenoxy) is 4. The third-order valence-electron chi connectivity index (χ3n) is 5.01. The number of nitrogens with one attached hydrogen (secondary N) is 2. The summed E-state index contributed by atoms with van der Waals surface area (Å²) in [7, 11) is 0. The molecular weight excluding hydrogens is 559 g/mol. The summed E-state index contributed by atoms with van der Waals surface area (Å²) in [4.78, 5) is 50.4. The van der Waals surface area contributed by atoms with Crippen molar-refractivity contribution in [2.45, 2.75) is 84.4 Å². The van der Waals surface area contributed by atoms with Crippen molar-refractivity contribution in [3.63, 3.8) is 0 Å². The maximum absolute atomic E-state index is 15.5. The number of amides is 3. The number of carbonyl (C=O) groups is 4. The minimum Gasteiger partial charge on any atom is -0.465 e. The number of benzene rings is 1. The molecule has 1 fully saturated rings. The molecule has 0 spiro atoms. The maximum atomic E-state index is 15.5. The van der Waals surface area contributed by atoms with Crippen LogP contribution in [0.25, 0.3) is 0 Å². The maximum Gasteiger partial charge on any atom is 0.428 e. The van der Waals surface area contributed by atoms with Gasteiger partial charge in [-0.25, -0.2) is 24.2 Å². The molecule has 228 valence electrons. The Bertz CT molecular complexity index is 1180. The predicted molar refractivity (Wildman–Crippen MR) is 152 cm³/mol. The fourth-order valence-corrected chi connectivity index (χ4v) is 4.31. The number of hydrogen-bond acceptors (Lipinski definition) is 10. The highest BCUT2D eigenvalue weighted by Crippen LogP contribution is 2.33. The van der Waals surface area contributed by atoms with Crippen LogP contribution >= 0.6 is 11.8 Å². The largest absolute Gasteiger partial charge is 0.465 e. The Morgan fingerprint density at radius 3 is 2.24 bits per heavy atom. The summed E-state index contributed by atoms with van der Waals surface area (Å²) in [6.45, 7) is 15.2. The lowest BCUT2D eigenvalue weighted by atomic mass is 10.2. The van der Waals surface area contributed by atoms with E-state index in [0.717, 1.165) is 17.8 Å². The fourth-order valence-electron chi connectivity index (χ4n) is 3.32. The zero-order valence-corrected chi connectivity index (χ0v) is 25.7. The van der Waals surface area contributed by atoms with E-state index in [4.69, 9.17) is 18.9 Å². The van der Waals surface area contributed by atoms with E-state index in [9.17, 15) is 19.2 Å². The van der Waals surface area contributed by atoms with Gasteiger partial charge in [0.15, 0.2) is 0 Å². The van der Waals surface area contributed by atoms with Crippen molar-refractivity contribution in [3.05, 3.63) is 29.6 Å². The molecule has 0 saturated carbocycles. The van der Waals surface area contributed by atoms with Gasteiger partial charge in [-0.05, 0) is 80.5 Å². The lowest BCUT2D eigenvalue weighted by molar-refractivity contribution is -0.145. The molecule has 0 radical (unpaired) electrons. The second kappa shape index (κ2) is 13.4. The molecule has 1 saturated heterocycles. The molecule has 1 aliphatic heterocycles. The average molecular weight is 599 g/mol. The van der Waals surface area contributed by atoms with Gasteiger partial charge in [-0.1, -0.05) is 11.8 Å². The quantitative estimate of drug-likeness (QED) is 0.140. The summed E-state index contributed by atoms with van der Waals surface area (Å²) in [5, 5.41) is 6.56. The number of carbonyl (C=O) groups excluding carboxylic acids is 4. The Labute approximate surface area is 243 Å². The van der Waals surface area contributed by atoms with Crippen LogP contribution in [0.5, 0.6) is 0 Å². The van der Waals surface area contributed by atoms with E-state index in [0.29, 0.717) is 0 Å². The SMILES string of the molecule is CCOC(=O)C(C)(C)S/C(=N\NC(=O)OC(C)(C)C)c1ccc(N2C[C@H](CNC(=O)OC(C)(C)C)OC2=O)cc1F. The molecule has 14 heteroatoms. The number of hydrazone groups is 1. The Morgan fingerprint density at radius 2 is 1.68 bits per heavy atom. The van der Waals surface area contributed by atoms with Crippen LogP contribution in [0.1, 0.15) is 67.9 Å². The van der Waals surface area contributed by atoms with Crippen LogP contribution in [0.3, 0.4) is 0 Å². The molecule has 1 aromatic rings. The molecule has 41 heavy (non-hydrogen) atoms. The third-order valence-corrected chi connectivity index (χ3v) is 6.19. The van der Waals surface area contributed by atoms with Crippen LogP contribution in [-0.2, 0) is 23.7 Å². The average Bonchev–Trinajstić information content (AvgIpc) is 3.19. The number of alkyl carbamates (subject to hydrolysis) is 1. The number of nitrogens with zero attached hydrogens (tertiary/aromatic N) is 2. The molecule has 12 nitrogen and oxygen atoms in total. The Hall–Kier alpha value is -3.55. The van der Waals surface area contributed by atoms with E-state index >= 15 is 4.39 Å². The van der Waals surface area contributed by atoms with Gasteiger partial charge in [0, 0.05) is 5.56 Å². The zero-order chi connectivity index (χ0) is 31.2. The van der Waals surface area contributed by atoms with E-state index in [1.165, 1.54) is 17.0 Å². The van der Waals surface area contributed by atoms with Crippen LogP contribution in [0.2, 0.25) is 0 Å². The normalized spacial score (nSPS) is 16.1. The van der Waals surface area contributed by atoms with Gasteiger partial charge in [0.05, 0.1) is 25.4 Å². The minimum atomic E-state index is -1.19. The van der Waals surface area contributed by atoms with Gasteiger partial charge in [-0.2, -0.15) is 5.10 Å². The molecule has 2 N–H and O–H groups in total. The molecule has 1 heterocycles. The topological polar surface area (TPSA) is 145 Å². The molecule has 0 aliphatic carbocycles. The molecular formula is C27H39FN4O8S. The molecule has 1 atom stereocenters. The summed E-state index contributed by atoms with van der Waals surface area (Å²) in [5.41, 5.74) is 0.915. The summed E-state index contributed by atoms with van der Waals surface area (Å²) in [5.74, 6) is -1.33. The summed E-state index contributed by atoms with van der Waals surface area (Å²) < 4.78 is 35.1. The standard InChI is InChI=1S/C27H39FN4O8S/c1-10-37-21(33)27(8,9)41-20(30-31-23(35)40-26(5,6)7)18-12-11-16(13-19(18)28)32-15-17(38-24(32)36)14-29-22(34)39-25(2,3)4/h11-13,17H,10,14-15H2,1-9H3,(H,29,34)(H,31,35)/b30-20-/t17-/m0/s1. The molecule has 0 unspecified atom stereocenters. The van der Waals surface area contributed by atoms with Gasteiger partial charge in [0.2, 0.25) is 0 Å². The lowest BCUT2D eigenvalue weighted by Gasteiger charge is -2.23. The van der Waals surface area contributed by atoms with Gasteiger partial charge in [0.1, 0.15) is 32.9 Å². The first-order chi connectivity index (χ1) is 18.8. The highest BCUT2D eigenvalue weighted by Gasteiger charge is 2.35. The van der Waals surface area contributed by atoms with Crippen LogP contribution in [0.4, 0.5) is 24.5 Å². The monoisotopic (exact) mass is 598 g/mol. The van der Waals surface area contributed by atoms with Crippen LogP contribution in [0.15, 0.2) is 23.3 Å². The summed E-state index contributed by atoms with van der Waals surface area (Å²) in [6.07, 6.45) is -2.93. The Kier molecular flexibility index (Phi) is 11.0. The van der Waals surface area contributed by atoms with Crippen molar-refractivity contribution in [1.29, 1.82) is 0 Å². The van der Waals surface area contributed by atoms with Crippen molar-refractivity contribution in [2.75, 3.05) is 24.6 Å². The second-order valence-corrected chi connectivity index (χ2v) is 13.1. The fraction of sp³-hybridized carbons (Fsp3) is 0.593. The van der Waals surface area contributed by atoms with Gasteiger partial charge >= 0.3 is 24.2 Å². The van der Waals surface area contributed by atoms with Gasteiger partial charge in [-0.15, -0.1) is 0 Å². The van der Waals surface area contributed by atoms with E-state index < -0.39 is 52.1 Å². The first-order valence-corrected chi connectivity index (χ1v) is 13.8. The summed E-state index contributed by atoms with van der Waals surface area (Å²) >= 11 is 0.882. The molecule has 2 rings (SSSR count). The van der Waals surface area contributed by atoms with Crippen LogP contribution in [-0.4, -0.2) is 71.0 Å². The number of halogens is 1. The minimum absolute atomic E-state index is 0.00441. The molecule has 3 amide bonds. The van der Waals surface area contributed by atoms with E-state index in [-0.39, 0.29) is 36.0 Å². The first-order valence-electron chi connectivity index (χ1n) is 13.0. The first kappa shape index (κ1) is 33.7. The number of cyclic esters (lactones) is 1. The zero-order valence-electron chi connectivity index (χ0n) is 24.9. The molecule has 0 bridgehead atoms. The van der Waals surface area contributed by atoms with E-state index in [1.807, 2.05) is 0 Å². The summed E-state index contributed by atoms with van der Waals surface area (Å²) in [6, 6.07) is 3.96. The van der Waals surface area contributed by atoms with Crippen molar-refractivity contribution in [2.24, 2.45) is 5.10 Å². The predicted octanol–water partition coefficient (Wildman–Crippen LogP) is 4.94. The van der Waals surface area contributed by atoms with E-state index in [2.05, 4.69) is 15.8 Å². The van der Waals surface area contributed by atoms with Gasteiger partial charge in [0.25, 0.3) is 0 Å². The highest BCUT2D eigenvalue weighted by molar-refractivity contribution is 8.16. The van der Waals surface area contributed by atoms with Crippen molar-refractivity contribution in [1.82, 2.24) is 10.7 Å². The number of esters is 1. The third kappa shape index (κ3) is 10.7. The smallest absolute Gasteiger partial charge is 0.428 e. The van der Waals surface area contributed by atoms with E-state index in [1.54, 1.807) is 62.3 Å². The molecule has 1 aromatic carbocycles. The van der Waals surface area contributed by atoms with Gasteiger partial charge in [-0.3, -0.25) is 9.69 Å². The Morgan fingerprint density at radius 1 is 1.07 bits per heavy atom. The van der Waals surface area contributed by atoms with Crippen molar-refractivity contribution >= 4 is 46.7 Å². The number of hydrogen-bond donors (Lipinski definition) is 2. The van der Waals surface area contributed by atoms with Crippen LogP contribution < -0.4 is 15.6 Å². The second-order valence-electron chi connectivity index (χ2n) is 11.5. The highest BCUT2D eigenvalue weighted by atomic mass is 32.2. The number of rotatable bonds is 8. The lowest BCUT2D eigenvalue weighted by Crippen LogP contribution is -2.38. The molecule has 0 aromatic heterocycles. The Balaban J connectivity index is 2.26. The van der Waals surface area contributed by atoms with Crippen molar-refractivity contribution in [3.8, 4) is 0 Å². The van der Waals surface area contributed by atoms with Crippen LogP contribution in [0, 0.1) is 5.82 Å². The van der Waals surface area contributed by atoms with Crippen molar-refractivity contribution < 1.29 is 42.5 Å². The molecule has 1 aliphatic rings. The number of anilines is 1.